The number of aliphatic hydroxyl groups excluding tert-OH is 1. The van der Waals surface area contributed by atoms with E-state index in [4.69, 9.17) is 0 Å². The molecule has 192 valence electrons. The third kappa shape index (κ3) is 4.76. The Labute approximate surface area is 220 Å². The van der Waals surface area contributed by atoms with Crippen molar-refractivity contribution < 1.29 is 19.5 Å². The molecule has 1 aromatic rings. The van der Waals surface area contributed by atoms with E-state index < -0.39 is 28.7 Å². The Morgan fingerprint density at radius 1 is 1.20 bits per heavy atom. The number of hydrogen-bond donors (Lipinski definition) is 3. The smallest absolute Gasteiger partial charge is 0.244 e. The molecule has 0 aliphatic carbocycles. The Hall–Kier alpha value is -1.58. The Kier molecular flexibility index (Phi) is 7.88. The highest BCUT2D eigenvalue weighted by atomic mass is 79.9. The minimum absolute atomic E-state index is 0.0241. The van der Waals surface area contributed by atoms with Gasteiger partial charge < -0.3 is 20.6 Å². The average molecular weight is 567 g/mol. The van der Waals surface area contributed by atoms with Gasteiger partial charge in [-0.25, -0.2) is 0 Å². The molecule has 3 aliphatic heterocycles. The van der Waals surface area contributed by atoms with Gasteiger partial charge in [-0.05, 0) is 38.2 Å². The number of carbonyl (C=O) groups excluding carboxylic acids is 3. The van der Waals surface area contributed by atoms with Crippen molar-refractivity contribution in [3.63, 3.8) is 0 Å². The number of aliphatic hydroxyl groups is 1. The zero-order valence-corrected chi connectivity index (χ0v) is 23.1. The van der Waals surface area contributed by atoms with Gasteiger partial charge in [-0.15, -0.1) is 11.8 Å². The number of likely N-dealkylation sites (tertiary alicyclic amines) is 1. The molecule has 7 atom stereocenters. The predicted octanol–water partition coefficient (Wildman–Crippen LogP) is 2.70. The first kappa shape index (κ1) is 26.5. The van der Waals surface area contributed by atoms with Crippen molar-refractivity contribution in [3.8, 4) is 0 Å². The fourth-order valence-corrected chi connectivity index (χ4v) is 9.75. The summed E-state index contributed by atoms with van der Waals surface area (Å²) in [4.78, 5) is 42.9. The number of hydrogen-bond acceptors (Lipinski definition) is 5. The normalized spacial score (nSPS) is 32.3. The number of nitrogens with zero attached hydrogens (tertiary/aromatic N) is 1. The molecule has 0 aromatic heterocycles. The van der Waals surface area contributed by atoms with Crippen LogP contribution in [0.3, 0.4) is 0 Å². The standard InChI is InChI=1S/C26H36BrN3O4S/c1-14(2)10-17(13-31)30-22(24(33)29-15(3)4)26-11-18(27)21(35-26)19(20(26)25(30)34)23(32)28-12-16-8-6-5-7-9-16/h5-9,14-15,17-22,31H,10-13H2,1-4H3,(H,28,32)(H,29,33)/t17-,18?,19-,20+,21-,22?,26?/m1/s1. The van der Waals surface area contributed by atoms with Gasteiger partial charge in [-0.2, -0.15) is 0 Å². The van der Waals surface area contributed by atoms with Crippen LogP contribution in [0.5, 0.6) is 0 Å². The molecule has 1 spiro atoms. The Morgan fingerprint density at radius 2 is 1.89 bits per heavy atom. The van der Waals surface area contributed by atoms with Gasteiger partial charge in [-0.3, -0.25) is 14.4 Å². The number of rotatable bonds is 9. The summed E-state index contributed by atoms with van der Waals surface area (Å²) in [6.45, 7) is 8.06. The summed E-state index contributed by atoms with van der Waals surface area (Å²) in [7, 11) is 0. The van der Waals surface area contributed by atoms with E-state index in [1.54, 1.807) is 16.7 Å². The molecule has 3 saturated heterocycles. The van der Waals surface area contributed by atoms with Crippen LogP contribution in [0.25, 0.3) is 0 Å². The van der Waals surface area contributed by atoms with Gasteiger partial charge in [0.15, 0.2) is 0 Å². The molecule has 3 amide bonds. The van der Waals surface area contributed by atoms with Gasteiger partial charge in [0.05, 0.1) is 29.2 Å². The number of amides is 3. The van der Waals surface area contributed by atoms with E-state index in [2.05, 4.69) is 26.6 Å². The lowest BCUT2D eigenvalue weighted by molar-refractivity contribution is -0.143. The molecule has 7 nitrogen and oxygen atoms in total. The first-order valence-electron chi connectivity index (χ1n) is 12.5. The molecule has 2 bridgehead atoms. The molecule has 3 unspecified atom stereocenters. The first-order chi connectivity index (χ1) is 16.6. The van der Waals surface area contributed by atoms with Gasteiger partial charge in [0, 0.05) is 22.7 Å². The Bertz CT molecular complexity index is 961. The van der Waals surface area contributed by atoms with Crippen molar-refractivity contribution in [1.29, 1.82) is 0 Å². The van der Waals surface area contributed by atoms with Crippen molar-refractivity contribution >= 4 is 45.4 Å². The molecular formula is C26H36BrN3O4S. The van der Waals surface area contributed by atoms with E-state index in [1.165, 1.54) is 0 Å². The van der Waals surface area contributed by atoms with E-state index in [9.17, 15) is 19.5 Å². The highest BCUT2D eigenvalue weighted by Gasteiger charge is 2.76. The summed E-state index contributed by atoms with van der Waals surface area (Å²) >= 11 is 5.40. The Balaban J connectivity index is 1.69. The summed E-state index contributed by atoms with van der Waals surface area (Å²) < 4.78 is -0.700. The third-order valence-electron chi connectivity index (χ3n) is 7.37. The van der Waals surface area contributed by atoms with Crippen molar-refractivity contribution in [2.24, 2.45) is 17.8 Å². The van der Waals surface area contributed by atoms with Crippen LogP contribution in [-0.2, 0) is 20.9 Å². The monoisotopic (exact) mass is 565 g/mol. The number of nitrogens with one attached hydrogen (secondary N) is 2. The number of fused-ring (bicyclic) bond motifs is 1. The van der Waals surface area contributed by atoms with E-state index in [0.717, 1.165) is 5.56 Å². The largest absolute Gasteiger partial charge is 0.394 e. The van der Waals surface area contributed by atoms with Crippen molar-refractivity contribution in [3.05, 3.63) is 35.9 Å². The van der Waals surface area contributed by atoms with Crippen LogP contribution >= 0.6 is 27.7 Å². The quantitative estimate of drug-likeness (QED) is 0.400. The van der Waals surface area contributed by atoms with Crippen molar-refractivity contribution in [2.75, 3.05) is 6.61 Å². The molecule has 3 aliphatic rings. The number of alkyl halides is 1. The van der Waals surface area contributed by atoms with Crippen LogP contribution < -0.4 is 10.6 Å². The number of carbonyl (C=O) groups is 3. The molecule has 4 rings (SSSR count). The van der Waals surface area contributed by atoms with Crippen molar-refractivity contribution in [1.82, 2.24) is 15.5 Å². The SMILES string of the molecule is CC(C)C[C@H](CO)N1C(=O)[C@@H]2[C@@H](C(=O)NCc3ccccc3)[C@@H]3SC2(CC3Br)C1C(=O)NC(C)C. The maximum Gasteiger partial charge on any atom is 0.244 e. The van der Waals surface area contributed by atoms with E-state index in [0.29, 0.717) is 19.4 Å². The molecule has 0 saturated carbocycles. The summed E-state index contributed by atoms with van der Waals surface area (Å²) in [5.74, 6) is -1.41. The van der Waals surface area contributed by atoms with E-state index in [-0.39, 0.29) is 46.4 Å². The first-order valence-corrected chi connectivity index (χ1v) is 14.3. The van der Waals surface area contributed by atoms with Crippen LogP contribution in [0.1, 0.15) is 46.1 Å². The number of thioether (sulfide) groups is 1. The minimum atomic E-state index is -0.722. The van der Waals surface area contributed by atoms with Gasteiger partial charge in [0.1, 0.15) is 6.04 Å². The van der Waals surface area contributed by atoms with E-state index >= 15 is 0 Å². The average Bonchev–Trinajstić information content (AvgIpc) is 3.39. The fourth-order valence-electron chi connectivity index (χ4n) is 6.15. The molecule has 3 N–H and O–H groups in total. The van der Waals surface area contributed by atoms with Crippen LogP contribution in [0.2, 0.25) is 0 Å². The second-order valence-corrected chi connectivity index (χ2v) is 13.5. The molecule has 35 heavy (non-hydrogen) atoms. The highest BCUT2D eigenvalue weighted by Crippen LogP contribution is 2.68. The lowest BCUT2D eigenvalue weighted by Crippen LogP contribution is -2.58. The predicted molar refractivity (Wildman–Crippen MR) is 141 cm³/mol. The fraction of sp³-hybridized carbons (Fsp3) is 0.654. The minimum Gasteiger partial charge on any atom is -0.394 e. The zero-order valence-electron chi connectivity index (χ0n) is 20.7. The molecule has 0 radical (unpaired) electrons. The van der Waals surface area contributed by atoms with Crippen LogP contribution in [0.4, 0.5) is 0 Å². The maximum absolute atomic E-state index is 14.1. The van der Waals surface area contributed by atoms with Crippen molar-refractivity contribution in [2.45, 2.75) is 80.0 Å². The zero-order chi connectivity index (χ0) is 25.5. The number of halogens is 1. The highest BCUT2D eigenvalue weighted by molar-refractivity contribution is 9.09. The lowest BCUT2D eigenvalue weighted by Gasteiger charge is -2.38. The maximum atomic E-state index is 14.1. The molecule has 9 heteroatoms. The lowest BCUT2D eigenvalue weighted by atomic mass is 9.70. The second-order valence-electron chi connectivity index (χ2n) is 10.7. The summed E-state index contributed by atoms with van der Waals surface area (Å²) in [5.41, 5.74) is 0.993. The molecule has 3 heterocycles. The van der Waals surface area contributed by atoms with Gasteiger partial charge >= 0.3 is 0 Å². The van der Waals surface area contributed by atoms with E-state index in [1.807, 2.05) is 58.0 Å². The van der Waals surface area contributed by atoms with Gasteiger partial charge in [-0.1, -0.05) is 60.1 Å². The Morgan fingerprint density at radius 3 is 2.49 bits per heavy atom. The van der Waals surface area contributed by atoms with Gasteiger partial charge in [0.2, 0.25) is 17.7 Å². The van der Waals surface area contributed by atoms with Crippen LogP contribution in [-0.4, -0.2) is 67.3 Å². The molecular weight excluding hydrogens is 530 g/mol. The summed E-state index contributed by atoms with van der Waals surface area (Å²) in [5, 5.41) is 16.3. The summed E-state index contributed by atoms with van der Waals surface area (Å²) in [6.07, 6.45) is 1.22. The van der Waals surface area contributed by atoms with Crippen LogP contribution in [0, 0.1) is 17.8 Å². The summed E-state index contributed by atoms with van der Waals surface area (Å²) in [6, 6.07) is 8.43. The molecule has 3 fully saturated rings. The topological polar surface area (TPSA) is 98.7 Å². The van der Waals surface area contributed by atoms with Crippen LogP contribution in [0.15, 0.2) is 30.3 Å². The molecule has 1 aromatic carbocycles. The third-order valence-corrected chi connectivity index (χ3v) is 10.6. The van der Waals surface area contributed by atoms with Gasteiger partial charge in [0.25, 0.3) is 0 Å². The second kappa shape index (κ2) is 10.4. The number of benzene rings is 1.